The standard InChI is InChI=1S/C19H13BrF3N3OS/c1-11-2-6-13(7-3-11)18(19(21,22)23)24-16(27)26-15(10-28-17(26)25-18)12-4-8-14(20)9-5-12/h2-10H,1H3,(H,24,27)/t18-/m1/s1. The van der Waals surface area contributed by atoms with Crippen molar-refractivity contribution < 1.29 is 18.0 Å². The fourth-order valence-corrected chi connectivity index (χ4v) is 4.22. The van der Waals surface area contributed by atoms with Gasteiger partial charge in [0, 0.05) is 15.4 Å². The van der Waals surface area contributed by atoms with Gasteiger partial charge in [-0.1, -0.05) is 69.7 Å². The van der Waals surface area contributed by atoms with Crippen molar-refractivity contribution in [3.05, 3.63) is 75.1 Å². The zero-order chi connectivity index (χ0) is 20.1. The van der Waals surface area contributed by atoms with Gasteiger partial charge in [-0.3, -0.25) is 0 Å². The lowest BCUT2D eigenvalue weighted by Crippen LogP contribution is -2.61. The summed E-state index contributed by atoms with van der Waals surface area (Å²) in [6, 6.07) is 12.1. The Hall–Kier alpha value is -2.26. The number of thioether (sulfide) groups is 1. The number of halogens is 4. The highest BCUT2D eigenvalue weighted by molar-refractivity contribution is 9.10. The van der Waals surface area contributed by atoms with Gasteiger partial charge in [0.2, 0.25) is 0 Å². The lowest BCUT2D eigenvalue weighted by molar-refractivity contribution is -0.196. The minimum Gasteiger partial charge on any atom is -0.301 e. The fraction of sp³-hybridized carbons (Fsp3) is 0.158. The Balaban J connectivity index is 1.80. The van der Waals surface area contributed by atoms with Gasteiger partial charge in [-0.15, -0.1) is 0 Å². The van der Waals surface area contributed by atoms with Gasteiger partial charge < -0.3 is 5.32 Å². The molecule has 0 bridgehead atoms. The van der Waals surface area contributed by atoms with Crippen LogP contribution in [0.5, 0.6) is 0 Å². The maximum atomic E-state index is 14.1. The van der Waals surface area contributed by atoms with Crippen LogP contribution in [-0.4, -0.2) is 22.3 Å². The normalized spacial score (nSPS) is 21.8. The molecule has 0 spiro atoms. The van der Waals surface area contributed by atoms with E-state index in [9.17, 15) is 18.0 Å². The van der Waals surface area contributed by atoms with Gasteiger partial charge in [0.1, 0.15) is 0 Å². The Morgan fingerprint density at radius 1 is 1.11 bits per heavy atom. The second-order valence-electron chi connectivity index (χ2n) is 6.36. The van der Waals surface area contributed by atoms with E-state index in [4.69, 9.17) is 0 Å². The van der Waals surface area contributed by atoms with Crippen molar-refractivity contribution in [2.45, 2.75) is 18.8 Å². The minimum atomic E-state index is -4.81. The number of alkyl halides is 3. The number of benzene rings is 2. The van der Waals surface area contributed by atoms with E-state index < -0.39 is 17.9 Å². The van der Waals surface area contributed by atoms with Crippen LogP contribution in [0.15, 0.2) is 63.4 Å². The third-order valence-corrected chi connectivity index (χ3v) is 5.84. The number of rotatable bonds is 2. The van der Waals surface area contributed by atoms with Gasteiger partial charge >= 0.3 is 12.2 Å². The molecule has 2 amide bonds. The molecule has 0 radical (unpaired) electrons. The van der Waals surface area contributed by atoms with Crippen molar-refractivity contribution in [3.63, 3.8) is 0 Å². The molecule has 0 fully saturated rings. The van der Waals surface area contributed by atoms with Crippen molar-refractivity contribution in [1.29, 1.82) is 0 Å². The first-order valence-electron chi connectivity index (χ1n) is 8.20. The molecule has 9 heteroatoms. The molecule has 2 heterocycles. The number of carbonyl (C=O) groups excluding carboxylic acids is 1. The van der Waals surface area contributed by atoms with E-state index >= 15 is 0 Å². The first kappa shape index (κ1) is 19.1. The van der Waals surface area contributed by atoms with Crippen LogP contribution in [-0.2, 0) is 5.66 Å². The number of nitrogens with zero attached hydrogens (tertiary/aromatic N) is 2. The van der Waals surface area contributed by atoms with Gasteiger partial charge in [0.25, 0.3) is 5.66 Å². The summed E-state index contributed by atoms with van der Waals surface area (Å²) in [5.41, 5.74) is -0.963. The number of aryl methyl sites for hydroxylation is 1. The van der Waals surface area contributed by atoms with E-state index in [0.717, 1.165) is 21.8 Å². The molecule has 0 unspecified atom stereocenters. The summed E-state index contributed by atoms with van der Waals surface area (Å²) in [5, 5.41) is 3.71. The molecule has 1 atom stereocenters. The second kappa shape index (κ2) is 6.66. The summed E-state index contributed by atoms with van der Waals surface area (Å²) in [7, 11) is 0. The Labute approximate surface area is 171 Å². The Bertz CT molecular complexity index is 1000. The number of aliphatic imine (C=N–C) groups is 1. The lowest BCUT2D eigenvalue weighted by atomic mass is 9.97. The van der Waals surface area contributed by atoms with Crippen molar-refractivity contribution in [2.75, 3.05) is 0 Å². The molecule has 2 aliphatic heterocycles. The number of urea groups is 1. The van der Waals surface area contributed by atoms with Crippen molar-refractivity contribution in [3.8, 4) is 0 Å². The third-order valence-electron chi connectivity index (χ3n) is 4.48. The summed E-state index contributed by atoms with van der Waals surface area (Å²) in [5.74, 6) is 0. The average Bonchev–Trinajstić information content (AvgIpc) is 3.06. The highest BCUT2D eigenvalue weighted by atomic mass is 79.9. The quantitative estimate of drug-likeness (QED) is 0.624. The predicted molar refractivity (Wildman–Crippen MR) is 106 cm³/mol. The highest BCUT2D eigenvalue weighted by Gasteiger charge is 2.61. The van der Waals surface area contributed by atoms with E-state index in [1.807, 2.05) is 0 Å². The summed E-state index contributed by atoms with van der Waals surface area (Å²) < 4.78 is 43.2. The number of fused-ring (bicyclic) bond motifs is 1. The Morgan fingerprint density at radius 3 is 2.36 bits per heavy atom. The largest absolute Gasteiger partial charge is 0.436 e. The summed E-state index contributed by atoms with van der Waals surface area (Å²) >= 11 is 4.33. The van der Waals surface area contributed by atoms with Gasteiger partial charge in [0.15, 0.2) is 5.17 Å². The van der Waals surface area contributed by atoms with E-state index in [1.54, 1.807) is 48.7 Å². The van der Waals surface area contributed by atoms with Gasteiger partial charge in [-0.2, -0.15) is 13.2 Å². The number of carbonyl (C=O) groups is 1. The van der Waals surface area contributed by atoms with Crippen LogP contribution in [0, 0.1) is 6.92 Å². The number of hydrogen-bond acceptors (Lipinski definition) is 3. The number of amidine groups is 1. The van der Waals surface area contributed by atoms with Crippen LogP contribution in [0.2, 0.25) is 0 Å². The van der Waals surface area contributed by atoms with Crippen LogP contribution < -0.4 is 5.32 Å². The van der Waals surface area contributed by atoms with E-state index in [0.29, 0.717) is 11.3 Å². The minimum absolute atomic E-state index is 0.0143. The molecule has 2 aliphatic rings. The fourth-order valence-electron chi connectivity index (χ4n) is 3.02. The molecule has 0 aliphatic carbocycles. The second-order valence-corrected chi connectivity index (χ2v) is 8.11. The first-order valence-corrected chi connectivity index (χ1v) is 9.87. The maximum absolute atomic E-state index is 14.1. The lowest BCUT2D eigenvalue weighted by Gasteiger charge is -2.39. The van der Waals surface area contributed by atoms with Crippen LogP contribution in [0.25, 0.3) is 5.70 Å². The summed E-state index contributed by atoms with van der Waals surface area (Å²) in [4.78, 5) is 17.9. The van der Waals surface area contributed by atoms with Crippen LogP contribution in [0.4, 0.5) is 18.0 Å². The van der Waals surface area contributed by atoms with Gasteiger partial charge in [-0.05, 0) is 24.6 Å². The molecule has 28 heavy (non-hydrogen) atoms. The highest BCUT2D eigenvalue weighted by Crippen LogP contribution is 2.46. The molecule has 144 valence electrons. The number of amides is 2. The van der Waals surface area contributed by atoms with Crippen LogP contribution in [0.1, 0.15) is 16.7 Å². The molecular weight excluding hydrogens is 455 g/mol. The SMILES string of the molecule is Cc1ccc([C@]2(C(F)(F)F)N=C3SC=C(c4ccc(Br)cc4)N3C(=O)N2)cc1. The van der Waals surface area contributed by atoms with Crippen molar-refractivity contribution in [1.82, 2.24) is 10.2 Å². The first-order chi connectivity index (χ1) is 13.2. The molecule has 1 N–H and O–H groups in total. The third kappa shape index (κ3) is 3.02. The zero-order valence-electron chi connectivity index (χ0n) is 14.4. The number of hydrogen-bond donors (Lipinski definition) is 1. The van der Waals surface area contributed by atoms with Crippen LogP contribution in [0.3, 0.4) is 0 Å². The molecule has 0 saturated heterocycles. The molecule has 4 nitrogen and oxygen atoms in total. The molecular formula is C19H13BrF3N3OS. The van der Waals surface area contributed by atoms with Gasteiger partial charge in [-0.25, -0.2) is 14.7 Å². The molecule has 4 rings (SSSR count). The van der Waals surface area contributed by atoms with Crippen molar-refractivity contribution in [2.24, 2.45) is 4.99 Å². The number of nitrogens with one attached hydrogen (secondary N) is 1. The molecule has 2 aromatic carbocycles. The zero-order valence-corrected chi connectivity index (χ0v) is 16.8. The molecule has 0 saturated carbocycles. The van der Waals surface area contributed by atoms with Crippen LogP contribution >= 0.6 is 27.7 Å². The molecule has 0 aromatic heterocycles. The average molecular weight is 468 g/mol. The maximum Gasteiger partial charge on any atom is 0.436 e. The van der Waals surface area contributed by atoms with E-state index in [1.165, 1.54) is 17.0 Å². The predicted octanol–water partition coefficient (Wildman–Crippen LogP) is 5.60. The topological polar surface area (TPSA) is 44.7 Å². The summed E-state index contributed by atoms with van der Waals surface area (Å²) in [6.45, 7) is 1.78. The van der Waals surface area contributed by atoms with E-state index in [-0.39, 0.29) is 10.7 Å². The smallest absolute Gasteiger partial charge is 0.301 e. The van der Waals surface area contributed by atoms with Gasteiger partial charge in [0.05, 0.1) is 5.70 Å². The Kier molecular flexibility index (Phi) is 4.54. The molecule has 2 aromatic rings. The monoisotopic (exact) mass is 467 g/mol. The Morgan fingerprint density at radius 2 is 1.75 bits per heavy atom. The van der Waals surface area contributed by atoms with Crippen molar-refractivity contribution >= 4 is 44.6 Å². The summed E-state index contributed by atoms with van der Waals surface area (Å²) in [6.07, 6.45) is -4.81. The van der Waals surface area contributed by atoms with E-state index in [2.05, 4.69) is 26.2 Å².